The van der Waals surface area contributed by atoms with E-state index in [0.717, 1.165) is 17.5 Å². The summed E-state index contributed by atoms with van der Waals surface area (Å²) < 4.78 is 5.03. The predicted octanol–water partition coefficient (Wildman–Crippen LogP) is 3.58. The Morgan fingerprint density at radius 3 is 2.56 bits per heavy atom. The molecule has 0 radical (unpaired) electrons. The molecule has 0 saturated carbocycles. The standard InChI is InChI=1S/C11H13Cl2NO2/c1-4-7-5-8(16-11(15)14-3)10(13)6(2)9(7)12/h5H,4H2,1-3H3,(H,14,15). The molecule has 16 heavy (non-hydrogen) atoms. The van der Waals surface area contributed by atoms with Crippen molar-refractivity contribution in [3.63, 3.8) is 0 Å². The minimum absolute atomic E-state index is 0.333. The molecule has 0 unspecified atom stereocenters. The number of amides is 1. The van der Waals surface area contributed by atoms with E-state index in [2.05, 4.69) is 5.32 Å². The molecule has 1 aromatic carbocycles. The summed E-state index contributed by atoms with van der Waals surface area (Å²) in [6.07, 6.45) is 0.201. The summed E-state index contributed by atoms with van der Waals surface area (Å²) in [6, 6.07) is 1.69. The Balaban J connectivity index is 3.19. The van der Waals surface area contributed by atoms with Crippen molar-refractivity contribution in [3.05, 3.63) is 27.2 Å². The maximum absolute atomic E-state index is 11.1. The average Bonchev–Trinajstić information content (AvgIpc) is 2.29. The van der Waals surface area contributed by atoms with E-state index in [1.54, 1.807) is 13.0 Å². The molecule has 0 heterocycles. The van der Waals surface area contributed by atoms with Gasteiger partial charge in [0.15, 0.2) is 5.75 Å². The number of carbonyl (C=O) groups excluding carboxylic acids is 1. The lowest BCUT2D eigenvalue weighted by Crippen LogP contribution is -2.22. The molecule has 1 N–H and O–H groups in total. The molecule has 0 spiro atoms. The molecule has 0 aromatic heterocycles. The van der Waals surface area contributed by atoms with Crippen LogP contribution in [0.4, 0.5) is 4.79 Å². The molecule has 0 aliphatic rings. The van der Waals surface area contributed by atoms with Crippen molar-refractivity contribution in [2.24, 2.45) is 0 Å². The number of aryl methyl sites for hydroxylation is 1. The van der Waals surface area contributed by atoms with Crippen LogP contribution in [0.3, 0.4) is 0 Å². The van der Waals surface area contributed by atoms with Crippen LogP contribution in [0.2, 0.25) is 10.0 Å². The molecule has 0 atom stereocenters. The Morgan fingerprint density at radius 1 is 1.44 bits per heavy atom. The monoisotopic (exact) mass is 261 g/mol. The Labute approximate surface area is 105 Å². The SMILES string of the molecule is CCc1cc(OC(=O)NC)c(Cl)c(C)c1Cl. The molecule has 88 valence electrons. The van der Waals surface area contributed by atoms with Crippen molar-refractivity contribution in [2.75, 3.05) is 7.05 Å². The number of rotatable bonds is 2. The van der Waals surface area contributed by atoms with E-state index >= 15 is 0 Å². The molecule has 1 rings (SSSR count). The molecule has 1 aromatic rings. The molecule has 5 heteroatoms. The summed E-state index contributed by atoms with van der Waals surface area (Å²) in [6.45, 7) is 3.76. The lowest BCUT2D eigenvalue weighted by molar-refractivity contribution is 0.203. The van der Waals surface area contributed by atoms with Gasteiger partial charge in [0.05, 0.1) is 5.02 Å². The van der Waals surface area contributed by atoms with E-state index in [9.17, 15) is 4.79 Å². The fourth-order valence-corrected chi connectivity index (χ4v) is 1.81. The lowest BCUT2D eigenvalue weighted by atomic mass is 10.1. The van der Waals surface area contributed by atoms with Crippen LogP contribution >= 0.6 is 23.2 Å². The summed E-state index contributed by atoms with van der Waals surface area (Å²) in [5.41, 5.74) is 1.63. The first-order chi connectivity index (χ1) is 7.51. The summed E-state index contributed by atoms with van der Waals surface area (Å²) in [4.78, 5) is 11.1. The van der Waals surface area contributed by atoms with Crippen LogP contribution < -0.4 is 10.1 Å². The van der Waals surface area contributed by atoms with E-state index in [0.29, 0.717) is 15.8 Å². The van der Waals surface area contributed by atoms with Crippen LogP contribution in [-0.2, 0) is 6.42 Å². The maximum Gasteiger partial charge on any atom is 0.412 e. The highest BCUT2D eigenvalue weighted by Crippen LogP contribution is 2.36. The molecule has 0 fully saturated rings. The smallest absolute Gasteiger partial charge is 0.409 e. The van der Waals surface area contributed by atoms with Gasteiger partial charge in [-0.15, -0.1) is 0 Å². The number of carbonyl (C=O) groups is 1. The van der Waals surface area contributed by atoms with E-state index in [1.165, 1.54) is 7.05 Å². The summed E-state index contributed by atoms with van der Waals surface area (Å²) in [7, 11) is 1.49. The molecule has 0 bridgehead atoms. The fraction of sp³-hybridized carbons (Fsp3) is 0.364. The zero-order valence-electron chi connectivity index (χ0n) is 9.36. The molecule has 0 aliphatic heterocycles. The largest absolute Gasteiger partial charge is 0.412 e. The average molecular weight is 262 g/mol. The van der Waals surface area contributed by atoms with Crippen LogP contribution in [0.5, 0.6) is 5.75 Å². The van der Waals surface area contributed by atoms with Crippen molar-refractivity contribution in [1.82, 2.24) is 5.32 Å². The molecule has 0 aliphatic carbocycles. The second-order valence-corrected chi connectivity index (χ2v) is 4.04. The number of nitrogens with one attached hydrogen (secondary N) is 1. The second kappa shape index (κ2) is 5.41. The van der Waals surface area contributed by atoms with Gasteiger partial charge < -0.3 is 10.1 Å². The maximum atomic E-state index is 11.1. The topological polar surface area (TPSA) is 38.3 Å². The highest BCUT2D eigenvalue weighted by atomic mass is 35.5. The van der Waals surface area contributed by atoms with Crippen molar-refractivity contribution >= 4 is 29.3 Å². The molecule has 1 amide bonds. The second-order valence-electron chi connectivity index (χ2n) is 3.28. The first-order valence-electron chi connectivity index (χ1n) is 4.88. The van der Waals surface area contributed by atoms with Gasteiger partial charge in [0.1, 0.15) is 0 Å². The third kappa shape index (κ3) is 2.60. The molecule has 3 nitrogen and oxygen atoms in total. The number of halogens is 2. The fourth-order valence-electron chi connectivity index (χ4n) is 1.29. The summed E-state index contributed by atoms with van der Waals surface area (Å²) in [5.74, 6) is 0.333. The van der Waals surface area contributed by atoms with Gasteiger partial charge in [0.25, 0.3) is 0 Å². The van der Waals surface area contributed by atoms with E-state index < -0.39 is 6.09 Å². The molecular weight excluding hydrogens is 249 g/mol. The number of hydrogen-bond acceptors (Lipinski definition) is 2. The first-order valence-corrected chi connectivity index (χ1v) is 5.63. The van der Waals surface area contributed by atoms with Crippen LogP contribution in [0.1, 0.15) is 18.1 Å². The van der Waals surface area contributed by atoms with Gasteiger partial charge in [-0.2, -0.15) is 0 Å². The van der Waals surface area contributed by atoms with Crippen molar-refractivity contribution in [3.8, 4) is 5.75 Å². The van der Waals surface area contributed by atoms with Gasteiger partial charge in [-0.1, -0.05) is 30.1 Å². The van der Waals surface area contributed by atoms with Crippen molar-refractivity contribution < 1.29 is 9.53 Å². The third-order valence-electron chi connectivity index (χ3n) is 2.25. The van der Waals surface area contributed by atoms with E-state index in [-0.39, 0.29) is 0 Å². The first kappa shape index (κ1) is 13.1. The third-order valence-corrected chi connectivity index (χ3v) is 3.25. The number of hydrogen-bond donors (Lipinski definition) is 1. The van der Waals surface area contributed by atoms with Crippen LogP contribution in [-0.4, -0.2) is 13.1 Å². The van der Waals surface area contributed by atoms with Gasteiger partial charge in [-0.25, -0.2) is 4.79 Å². The van der Waals surface area contributed by atoms with Crippen molar-refractivity contribution in [2.45, 2.75) is 20.3 Å². The van der Waals surface area contributed by atoms with E-state index in [1.807, 2.05) is 6.92 Å². The Hall–Kier alpha value is -0.930. The van der Waals surface area contributed by atoms with Crippen LogP contribution in [0.25, 0.3) is 0 Å². The van der Waals surface area contributed by atoms with Crippen LogP contribution in [0.15, 0.2) is 6.07 Å². The van der Waals surface area contributed by atoms with Crippen LogP contribution in [0, 0.1) is 6.92 Å². The summed E-state index contributed by atoms with van der Waals surface area (Å²) >= 11 is 12.1. The predicted molar refractivity (Wildman–Crippen MR) is 65.7 cm³/mol. The van der Waals surface area contributed by atoms with Gasteiger partial charge in [-0.3, -0.25) is 0 Å². The Bertz CT molecular complexity index is 419. The Kier molecular flexibility index (Phi) is 4.44. The quantitative estimate of drug-likeness (QED) is 0.884. The molecular formula is C11H13Cl2NO2. The zero-order valence-corrected chi connectivity index (χ0v) is 10.9. The Morgan fingerprint density at radius 2 is 2.06 bits per heavy atom. The van der Waals surface area contributed by atoms with Gasteiger partial charge >= 0.3 is 6.09 Å². The summed E-state index contributed by atoms with van der Waals surface area (Å²) in [5, 5.41) is 3.35. The van der Waals surface area contributed by atoms with Gasteiger partial charge in [-0.05, 0) is 30.5 Å². The number of ether oxygens (including phenoxy) is 1. The minimum atomic E-state index is -0.550. The minimum Gasteiger partial charge on any atom is -0.409 e. The highest BCUT2D eigenvalue weighted by molar-refractivity contribution is 6.37. The zero-order chi connectivity index (χ0) is 12.3. The van der Waals surface area contributed by atoms with Crippen molar-refractivity contribution in [1.29, 1.82) is 0 Å². The highest BCUT2D eigenvalue weighted by Gasteiger charge is 2.14. The van der Waals surface area contributed by atoms with E-state index in [4.69, 9.17) is 27.9 Å². The van der Waals surface area contributed by atoms with Gasteiger partial charge in [0.2, 0.25) is 0 Å². The lowest BCUT2D eigenvalue weighted by Gasteiger charge is -2.12. The number of benzene rings is 1. The van der Waals surface area contributed by atoms with Gasteiger partial charge in [0, 0.05) is 12.1 Å². The molecule has 0 saturated heterocycles. The normalized spacial score (nSPS) is 10.1.